The summed E-state index contributed by atoms with van der Waals surface area (Å²) >= 11 is 0. The summed E-state index contributed by atoms with van der Waals surface area (Å²) in [5.41, 5.74) is 5.54. The van der Waals surface area contributed by atoms with E-state index in [1.54, 1.807) is 4.68 Å². The highest BCUT2D eigenvalue weighted by molar-refractivity contribution is 5.29. The van der Waals surface area contributed by atoms with E-state index in [1.807, 2.05) is 7.05 Å². The molecule has 1 atom stereocenters. The van der Waals surface area contributed by atoms with Crippen LogP contribution in [0.15, 0.2) is 0 Å². The van der Waals surface area contributed by atoms with Gasteiger partial charge in [-0.25, -0.2) is 4.68 Å². The Morgan fingerprint density at radius 1 is 1.57 bits per heavy atom. The van der Waals surface area contributed by atoms with E-state index >= 15 is 0 Å². The third-order valence-electron chi connectivity index (χ3n) is 2.74. The van der Waals surface area contributed by atoms with Gasteiger partial charge in [0.2, 0.25) is 5.95 Å². The lowest BCUT2D eigenvalue weighted by Crippen LogP contribution is -2.23. The van der Waals surface area contributed by atoms with Crippen molar-refractivity contribution in [3.8, 4) is 0 Å². The van der Waals surface area contributed by atoms with Crippen molar-refractivity contribution in [2.45, 2.75) is 12.8 Å². The lowest BCUT2D eigenvalue weighted by Gasteiger charge is -2.15. The normalized spacial score (nSPS) is 21.9. The topological polar surface area (TPSA) is 72.9 Å². The van der Waals surface area contributed by atoms with Gasteiger partial charge in [0.25, 0.3) is 0 Å². The Bertz CT molecular complexity index is 296. The average Bonchev–Trinajstić information content (AvgIpc) is 2.74. The molecule has 78 valence electrons. The maximum atomic E-state index is 5.54. The molecule has 0 spiro atoms. The number of hydrogen-bond acceptors (Lipinski definition) is 5. The standard InChI is InChI=1S/C8H16N6/c1-13-8(10-11-12-13)14-5-3-7(6-14)2-4-9/h7H,2-6,9H2,1H3. The van der Waals surface area contributed by atoms with Crippen LogP contribution in [0.4, 0.5) is 5.95 Å². The van der Waals surface area contributed by atoms with Crippen LogP contribution in [0.5, 0.6) is 0 Å². The van der Waals surface area contributed by atoms with Gasteiger partial charge in [-0.1, -0.05) is 5.10 Å². The summed E-state index contributed by atoms with van der Waals surface area (Å²) in [5.74, 6) is 1.57. The smallest absolute Gasteiger partial charge is 0.245 e. The Morgan fingerprint density at radius 3 is 3.07 bits per heavy atom. The zero-order valence-electron chi connectivity index (χ0n) is 8.43. The molecular weight excluding hydrogens is 180 g/mol. The molecular formula is C8H16N6. The van der Waals surface area contributed by atoms with Crippen LogP contribution in [-0.4, -0.2) is 39.8 Å². The van der Waals surface area contributed by atoms with Gasteiger partial charge in [0.05, 0.1) is 0 Å². The third kappa shape index (κ3) is 1.70. The SMILES string of the molecule is Cn1nnnc1N1CCC(CCN)C1. The lowest BCUT2D eigenvalue weighted by atomic mass is 10.1. The van der Waals surface area contributed by atoms with E-state index in [4.69, 9.17) is 5.73 Å². The van der Waals surface area contributed by atoms with Gasteiger partial charge in [0, 0.05) is 20.1 Å². The average molecular weight is 196 g/mol. The molecule has 1 saturated heterocycles. The van der Waals surface area contributed by atoms with Gasteiger partial charge in [-0.3, -0.25) is 0 Å². The quantitative estimate of drug-likeness (QED) is 0.698. The maximum absolute atomic E-state index is 5.54. The van der Waals surface area contributed by atoms with Gasteiger partial charge in [0.1, 0.15) is 0 Å². The van der Waals surface area contributed by atoms with Gasteiger partial charge in [-0.05, 0) is 35.7 Å². The third-order valence-corrected chi connectivity index (χ3v) is 2.74. The van der Waals surface area contributed by atoms with Gasteiger partial charge in [-0.2, -0.15) is 0 Å². The summed E-state index contributed by atoms with van der Waals surface area (Å²) in [4.78, 5) is 2.22. The largest absolute Gasteiger partial charge is 0.339 e. The number of nitrogens with zero attached hydrogens (tertiary/aromatic N) is 5. The molecule has 6 nitrogen and oxygen atoms in total. The highest BCUT2D eigenvalue weighted by Gasteiger charge is 2.24. The minimum Gasteiger partial charge on any atom is -0.339 e. The monoisotopic (exact) mass is 196 g/mol. The highest BCUT2D eigenvalue weighted by atomic mass is 15.6. The summed E-state index contributed by atoms with van der Waals surface area (Å²) in [6.45, 7) is 2.85. The number of nitrogens with two attached hydrogens (primary N) is 1. The fourth-order valence-electron chi connectivity index (χ4n) is 1.98. The van der Waals surface area contributed by atoms with E-state index in [0.29, 0.717) is 5.92 Å². The van der Waals surface area contributed by atoms with Crippen LogP contribution in [0, 0.1) is 5.92 Å². The maximum Gasteiger partial charge on any atom is 0.245 e. The van der Waals surface area contributed by atoms with Gasteiger partial charge >= 0.3 is 0 Å². The first-order valence-electron chi connectivity index (χ1n) is 4.98. The first kappa shape index (κ1) is 9.39. The summed E-state index contributed by atoms with van der Waals surface area (Å²) in [5, 5.41) is 11.4. The van der Waals surface area contributed by atoms with E-state index in [0.717, 1.165) is 32.0 Å². The minimum atomic E-state index is 0.705. The highest BCUT2D eigenvalue weighted by Crippen LogP contribution is 2.22. The minimum absolute atomic E-state index is 0.705. The predicted octanol–water partition coefficient (Wildman–Crippen LogP) is -0.615. The van der Waals surface area contributed by atoms with Crippen LogP contribution in [0.3, 0.4) is 0 Å². The predicted molar refractivity (Wildman–Crippen MR) is 52.8 cm³/mol. The molecule has 1 aliphatic heterocycles. The fraction of sp³-hybridized carbons (Fsp3) is 0.875. The molecule has 1 aromatic heterocycles. The van der Waals surface area contributed by atoms with Crippen LogP contribution in [-0.2, 0) is 7.05 Å². The molecule has 0 amide bonds. The second kappa shape index (κ2) is 3.91. The molecule has 0 bridgehead atoms. The summed E-state index contributed by atoms with van der Waals surface area (Å²) < 4.78 is 1.71. The van der Waals surface area contributed by atoms with E-state index < -0.39 is 0 Å². The molecule has 1 aliphatic rings. The first-order valence-corrected chi connectivity index (χ1v) is 4.98. The van der Waals surface area contributed by atoms with Gasteiger partial charge in [-0.15, -0.1) is 0 Å². The Kier molecular flexibility index (Phi) is 2.62. The van der Waals surface area contributed by atoms with Crippen molar-refractivity contribution in [1.29, 1.82) is 0 Å². The molecule has 2 N–H and O–H groups in total. The zero-order chi connectivity index (χ0) is 9.97. The zero-order valence-corrected chi connectivity index (χ0v) is 8.43. The van der Waals surface area contributed by atoms with Gasteiger partial charge in [0.15, 0.2) is 0 Å². The first-order chi connectivity index (χ1) is 6.81. The van der Waals surface area contributed by atoms with E-state index in [2.05, 4.69) is 20.4 Å². The molecule has 0 aromatic carbocycles. The second-order valence-electron chi connectivity index (χ2n) is 3.78. The molecule has 14 heavy (non-hydrogen) atoms. The molecule has 1 unspecified atom stereocenters. The Labute approximate surface area is 83.1 Å². The Balaban J connectivity index is 1.99. The summed E-state index contributed by atoms with van der Waals surface area (Å²) in [6.07, 6.45) is 2.30. The van der Waals surface area contributed by atoms with E-state index in [1.165, 1.54) is 6.42 Å². The van der Waals surface area contributed by atoms with Crippen LogP contribution in [0.1, 0.15) is 12.8 Å². The number of hydrogen-bond donors (Lipinski definition) is 1. The molecule has 6 heteroatoms. The van der Waals surface area contributed by atoms with E-state index in [-0.39, 0.29) is 0 Å². The number of anilines is 1. The molecule has 2 heterocycles. The van der Waals surface area contributed by atoms with Crippen molar-refractivity contribution < 1.29 is 0 Å². The van der Waals surface area contributed by atoms with Crippen LogP contribution >= 0.6 is 0 Å². The van der Waals surface area contributed by atoms with Crippen molar-refractivity contribution in [3.05, 3.63) is 0 Å². The number of aromatic nitrogens is 4. The summed E-state index contributed by atoms with van der Waals surface area (Å²) in [7, 11) is 1.87. The Hall–Kier alpha value is -1.17. The van der Waals surface area contributed by atoms with Crippen molar-refractivity contribution in [1.82, 2.24) is 20.2 Å². The number of rotatable bonds is 3. The number of aryl methyl sites for hydroxylation is 1. The molecule has 0 radical (unpaired) electrons. The molecule has 0 saturated carbocycles. The molecule has 1 fully saturated rings. The fourth-order valence-corrected chi connectivity index (χ4v) is 1.98. The van der Waals surface area contributed by atoms with Crippen LogP contribution < -0.4 is 10.6 Å². The molecule has 1 aromatic rings. The van der Waals surface area contributed by atoms with Crippen LogP contribution in [0.2, 0.25) is 0 Å². The second-order valence-corrected chi connectivity index (χ2v) is 3.78. The summed E-state index contributed by atoms with van der Waals surface area (Å²) in [6, 6.07) is 0. The molecule has 0 aliphatic carbocycles. The lowest BCUT2D eigenvalue weighted by molar-refractivity contribution is 0.545. The van der Waals surface area contributed by atoms with Crippen molar-refractivity contribution >= 4 is 5.95 Å². The van der Waals surface area contributed by atoms with Crippen LogP contribution in [0.25, 0.3) is 0 Å². The van der Waals surface area contributed by atoms with Crippen molar-refractivity contribution in [2.24, 2.45) is 18.7 Å². The van der Waals surface area contributed by atoms with Gasteiger partial charge < -0.3 is 10.6 Å². The van der Waals surface area contributed by atoms with Crippen molar-refractivity contribution in [3.63, 3.8) is 0 Å². The Morgan fingerprint density at radius 2 is 2.43 bits per heavy atom. The molecule has 2 rings (SSSR count). The van der Waals surface area contributed by atoms with E-state index in [9.17, 15) is 0 Å². The van der Waals surface area contributed by atoms with Crippen molar-refractivity contribution in [2.75, 3.05) is 24.5 Å². The number of tetrazole rings is 1.